The molecular weight excluding hydrogens is 263 g/mol. The molecule has 20 heavy (non-hydrogen) atoms. The van der Waals surface area contributed by atoms with E-state index in [4.69, 9.17) is 5.11 Å². The third-order valence-corrected chi connectivity index (χ3v) is 3.24. The molecule has 0 radical (unpaired) electrons. The second-order valence-corrected chi connectivity index (χ2v) is 5.08. The molecule has 1 aromatic carbocycles. The van der Waals surface area contributed by atoms with Crippen LogP contribution in [-0.2, 0) is 4.79 Å². The molecule has 5 nitrogen and oxygen atoms in total. The van der Waals surface area contributed by atoms with Gasteiger partial charge in [-0.2, -0.15) is 0 Å². The fourth-order valence-electron chi connectivity index (χ4n) is 1.97. The smallest absolute Gasteiger partial charge is 0.323 e. The molecular formula is C14H17FN2O3. The minimum atomic E-state index is -1.08. The molecule has 0 heterocycles. The monoisotopic (exact) mass is 280 g/mol. The zero-order valence-corrected chi connectivity index (χ0v) is 11.2. The van der Waals surface area contributed by atoms with Crippen LogP contribution >= 0.6 is 0 Å². The molecule has 1 aromatic rings. The van der Waals surface area contributed by atoms with Crippen LogP contribution < -0.4 is 5.32 Å². The Morgan fingerprint density at radius 1 is 1.45 bits per heavy atom. The van der Waals surface area contributed by atoms with Crippen molar-refractivity contribution in [2.75, 3.05) is 18.4 Å². The summed E-state index contributed by atoms with van der Waals surface area (Å²) in [5.41, 5.74) is 0.698. The van der Waals surface area contributed by atoms with Crippen molar-refractivity contribution in [3.63, 3.8) is 0 Å². The van der Waals surface area contributed by atoms with Gasteiger partial charge < -0.3 is 15.3 Å². The Morgan fingerprint density at radius 2 is 2.15 bits per heavy atom. The van der Waals surface area contributed by atoms with E-state index in [9.17, 15) is 14.0 Å². The van der Waals surface area contributed by atoms with Gasteiger partial charge >= 0.3 is 12.0 Å². The Labute approximate surface area is 116 Å². The molecule has 2 rings (SSSR count). The van der Waals surface area contributed by atoms with Crippen LogP contribution in [0.25, 0.3) is 0 Å². The average Bonchev–Trinajstić information content (AvgIpc) is 3.16. The minimum Gasteiger partial charge on any atom is -0.480 e. The van der Waals surface area contributed by atoms with Crippen molar-refractivity contribution in [2.24, 2.45) is 5.92 Å². The highest BCUT2D eigenvalue weighted by molar-refractivity contribution is 5.92. The molecule has 0 spiro atoms. The third-order valence-electron chi connectivity index (χ3n) is 3.24. The second-order valence-electron chi connectivity index (χ2n) is 5.08. The lowest BCUT2D eigenvalue weighted by Gasteiger charge is -2.21. The van der Waals surface area contributed by atoms with Gasteiger partial charge in [0, 0.05) is 6.54 Å². The SMILES string of the molecule is Cc1cccc(F)c1NC(=O)N(CC(=O)O)CC1CC1. The van der Waals surface area contributed by atoms with Gasteiger partial charge in [-0.05, 0) is 37.3 Å². The molecule has 0 unspecified atom stereocenters. The van der Waals surface area contributed by atoms with Gasteiger partial charge in [0.25, 0.3) is 0 Å². The number of urea groups is 1. The van der Waals surface area contributed by atoms with E-state index in [0.717, 1.165) is 12.8 Å². The van der Waals surface area contributed by atoms with E-state index in [0.29, 0.717) is 18.0 Å². The number of rotatable bonds is 5. The summed E-state index contributed by atoms with van der Waals surface area (Å²) >= 11 is 0. The fourth-order valence-corrected chi connectivity index (χ4v) is 1.97. The number of aryl methyl sites for hydroxylation is 1. The van der Waals surface area contributed by atoms with Gasteiger partial charge in [-0.3, -0.25) is 4.79 Å². The zero-order chi connectivity index (χ0) is 14.7. The van der Waals surface area contributed by atoms with Crippen LogP contribution in [0.15, 0.2) is 18.2 Å². The van der Waals surface area contributed by atoms with E-state index in [-0.39, 0.29) is 12.2 Å². The Morgan fingerprint density at radius 3 is 2.70 bits per heavy atom. The van der Waals surface area contributed by atoms with Crippen LogP contribution in [0, 0.1) is 18.7 Å². The normalized spacial score (nSPS) is 13.9. The molecule has 2 N–H and O–H groups in total. The molecule has 1 aliphatic rings. The third kappa shape index (κ3) is 3.69. The first-order valence-corrected chi connectivity index (χ1v) is 6.50. The molecule has 1 saturated carbocycles. The first-order chi connectivity index (χ1) is 9.47. The summed E-state index contributed by atoms with van der Waals surface area (Å²) in [5, 5.41) is 11.3. The predicted molar refractivity (Wildman–Crippen MR) is 72.1 cm³/mol. The van der Waals surface area contributed by atoms with Crippen molar-refractivity contribution in [1.29, 1.82) is 0 Å². The van der Waals surface area contributed by atoms with Gasteiger partial charge in [0.05, 0.1) is 5.69 Å². The van der Waals surface area contributed by atoms with Crippen molar-refractivity contribution < 1.29 is 19.1 Å². The van der Waals surface area contributed by atoms with Crippen molar-refractivity contribution in [3.05, 3.63) is 29.6 Å². The first-order valence-electron chi connectivity index (χ1n) is 6.50. The number of aliphatic carboxylic acids is 1. The van der Waals surface area contributed by atoms with Crippen molar-refractivity contribution in [2.45, 2.75) is 19.8 Å². The van der Waals surface area contributed by atoms with Gasteiger partial charge in [0.15, 0.2) is 0 Å². The molecule has 0 atom stereocenters. The van der Waals surface area contributed by atoms with Gasteiger partial charge in [-0.15, -0.1) is 0 Å². The van der Waals surface area contributed by atoms with Crippen LogP contribution in [-0.4, -0.2) is 35.1 Å². The number of amides is 2. The number of para-hydroxylation sites is 1. The number of hydrogen-bond acceptors (Lipinski definition) is 2. The molecule has 2 amide bonds. The molecule has 1 aliphatic carbocycles. The molecule has 6 heteroatoms. The lowest BCUT2D eigenvalue weighted by molar-refractivity contribution is -0.137. The number of anilines is 1. The van der Waals surface area contributed by atoms with E-state index in [1.807, 2.05) is 0 Å². The summed E-state index contributed by atoms with van der Waals surface area (Å²) < 4.78 is 13.7. The minimum absolute atomic E-state index is 0.101. The molecule has 0 bridgehead atoms. The van der Waals surface area contributed by atoms with Gasteiger partial charge in [-0.25, -0.2) is 9.18 Å². The van der Waals surface area contributed by atoms with Crippen LogP contribution in [0.4, 0.5) is 14.9 Å². The van der Waals surface area contributed by atoms with Crippen molar-refractivity contribution in [1.82, 2.24) is 4.90 Å². The van der Waals surface area contributed by atoms with E-state index in [1.165, 1.54) is 11.0 Å². The number of nitrogens with one attached hydrogen (secondary N) is 1. The van der Waals surface area contributed by atoms with Crippen LogP contribution in [0.3, 0.4) is 0 Å². The Bertz CT molecular complexity index is 509. The maximum absolute atomic E-state index is 13.7. The Hall–Kier alpha value is -2.11. The number of halogens is 1. The van der Waals surface area contributed by atoms with E-state index in [1.54, 1.807) is 19.1 Å². The van der Waals surface area contributed by atoms with Crippen molar-refractivity contribution in [3.8, 4) is 0 Å². The van der Waals surface area contributed by atoms with Crippen LogP contribution in [0.5, 0.6) is 0 Å². The van der Waals surface area contributed by atoms with Crippen molar-refractivity contribution >= 4 is 17.7 Å². The topological polar surface area (TPSA) is 69.6 Å². The summed E-state index contributed by atoms with van der Waals surface area (Å²) in [4.78, 5) is 24.1. The largest absolute Gasteiger partial charge is 0.480 e. The molecule has 0 aliphatic heterocycles. The lowest BCUT2D eigenvalue weighted by atomic mass is 10.2. The second kappa shape index (κ2) is 5.90. The van der Waals surface area contributed by atoms with Gasteiger partial charge in [-0.1, -0.05) is 12.1 Å². The quantitative estimate of drug-likeness (QED) is 0.870. The summed E-state index contributed by atoms with van der Waals surface area (Å²) in [7, 11) is 0. The predicted octanol–water partition coefficient (Wildman–Crippen LogP) is 2.46. The molecule has 1 fully saturated rings. The zero-order valence-electron chi connectivity index (χ0n) is 11.2. The van der Waals surface area contributed by atoms with E-state index < -0.39 is 17.8 Å². The lowest BCUT2D eigenvalue weighted by Crippen LogP contribution is -2.40. The van der Waals surface area contributed by atoms with E-state index in [2.05, 4.69) is 5.32 Å². The highest BCUT2D eigenvalue weighted by atomic mass is 19.1. The highest BCUT2D eigenvalue weighted by Crippen LogP contribution is 2.30. The van der Waals surface area contributed by atoms with Gasteiger partial charge in [0.1, 0.15) is 12.4 Å². The average molecular weight is 280 g/mol. The number of carboxylic acids is 1. The number of carbonyl (C=O) groups excluding carboxylic acids is 1. The maximum Gasteiger partial charge on any atom is 0.323 e. The summed E-state index contributed by atoms with van der Waals surface area (Å²) in [6, 6.07) is 3.92. The maximum atomic E-state index is 13.7. The standard InChI is InChI=1S/C14H17FN2O3/c1-9-3-2-4-11(15)13(9)16-14(20)17(8-12(18)19)7-10-5-6-10/h2-4,10H,5-8H2,1H3,(H,16,20)(H,18,19). The van der Waals surface area contributed by atoms with Gasteiger partial charge in [0.2, 0.25) is 0 Å². The molecule has 0 aromatic heterocycles. The van der Waals surface area contributed by atoms with Crippen LogP contribution in [0.2, 0.25) is 0 Å². The Balaban J connectivity index is 2.08. The number of carboxylic acid groups (broad SMARTS) is 1. The molecule has 0 saturated heterocycles. The Kier molecular flexibility index (Phi) is 4.22. The highest BCUT2D eigenvalue weighted by Gasteiger charge is 2.28. The van der Waals surface area contributed by atoms with E-state index >= 15 is 0 Å². The fraction of sp³-hybridized carbons (Fsp3) is 0.429. The number of carbonyl (C=O) groups is 2. The summed E-state index contributed by atoms with van der Waals surface area (Å²) in [6.07, 6.45) is 2.00. The number of benzene rings is 1. The summed E-state index contributed by atoms with van der Waals surface area (Å²) in [6.45, 7) is 1.70. The molecule has 108 valence electrons. The number of nitrogens with zero attached hydrogens (tertiary/aromatic N) is 1. The number of hydrogen-bond donors (Lipinski definition) is 2. The van der Waals surface area contributed by atoms with Crippen LogP contribution in [0.1, 0.15) is 18.4 Å². The first kappa shape index (κ1) is 14.3. The summed E-state index contributed by atoms with van der Waals surface area (Å²) in [5.74, 6) is -1.24.